The van der Waals surface area contributed by atoms with Gasteiger partial charge in [-0.05, 0) is 31.4 Å². The van der Waals surface area contributed by atoms with Gasteiger partial charge in [-0.1, -0.05) is 12.1 Å². The van der Waals surface area contributed by atoms with Gasteiger partial charge in [-0.3, -0.25) is 19.0 Å². The Morgan fingerprint density at radius 1 is 1.21 bits per heavy atom. The third kappa shape index (κ3) is 4.30. The second-order valence-electron chi connectivity index (χ2n) is 6.95. The summed E-state index contributed by atoms with van der Waals surface area (Å²) in [5.41, 5.74) is 4.72. The highest BCUT2D eigenvalue weighted by Gasteiger charge is 2.27. The van der Waals surface area contributed by atoms with Crippen LogP contribution >= 0.6 is 0 Å². The van der Waals surface area contributed by atoms with Crippen molar-refractivity contribution in [3.8, 4) is 0 Å². The molecule has 1 fully saturated rings. The van der Waals surface area contributed by atoms with Crippen LogP contribution in [0.5, 0.6) is 0 Å². The minimum Gasteiger partial charge on any atom is -0.354 e. The first kappa shape index (κ1) is 19.8. The number of piperidine rings is 1. The summed E-state index contributed by atoms with van der Waals surface area (Å²) in [7, 11) is 0. The number of nitrogens with one attached hydrogen (secondary N) is 2. The highest BCUT2D eigenvalue weighted by Crippen LogP contribution is 2.17. The van der Waals surface area contributed by atoms with Gasteiger partial charge < -0.3 is 20.9 Å². The van der Waals surface area contributed by atoms with Crippen molar-refractivity contribution in [1.29, 1.82) is 0 Å². The molecule has 0 aliphatic carbocycles. The van der Waals surface area contributed by atoms with Crippen LogP contribution in [0.25, 0.3) is 10.9 Å². The normalized spacial score (nSPS) is 16.9. The standard InChI is InChI=1S/C19H25N5O4/c20-9-8-16(25)21-11-13-5-3-4-10-23(13)17(26)12-24-18(27)14-6-1-2-7-15(14)22-19(24)28/h1-2,6-7,13H,3-5,8-12,20H2,(H,21,25)(H,22,28). The number of amides is 2. The van der Waals surface area contributed by atoms with Crippen molar-refractivity contribution in [3.05, 3.63) is 45.1 Å². The van der Waals surface area contributed by atoms with Gasteiger partial charge in [0.25, 0.3) is 5.56 Å². The molecule has 2 aromatic rings. The average Bonchev–Trinajstić information content (AvgIpc) is 2.70. The molecule has 3 rings (SSSR count). The van der Waals surface area contributed by atoms with Crippen LogP contribution in [0, 0.1) is 0 Å². The van der Waals surface area contributed by atoms with Gasteiger partial charge in [0.05, 0.1) is 10.9 Å². The minimum absolute atomic E-state index is 0.150. The monoisotopic (exact) mass is 387 g/mol. The Morgan fingerprint density at radius 2 is 2.00 bits per heavy atom. The van der Waals surface area contributed by atoms with Crippen LogP contribution in [-0.2, 0) is 16.1 Å². The maximum absolute atomic E-state index is 12.9. The van der Waals surface area contributed by atoms with E-state index in [1.165, 1.54) is 0 Å². The van der Waals surface area contributed by atoms with E-state index in [0.29, 0.717) is 24.0 Å². The fraction of sp³-hybridized carbons (Fsp3) is 0.474. The number of hydrogen-bond donors (Lipinski definition) is 3. The number of H-pyrrole nitrogens is 1. The van der Waals surface area contributed by atoms with Crippen LogP contribution in [0.2, 0.25) is 0 Å². The van der Waals surface area contributed by atoms with E-state index in [2.05, 4.69) is 10.3 Å². The molecule has 0 bridgehead atoms. The van der Waals surface area contributed by atoms with E-state index in [-0.39, 0.29) is 37.4 Å². The Kier molecular flexibility index (Phi) is 6.25. The van der Waals surface area contributed by atoms with Crippen molar-refractivity contribution < 1.29 is 9.59 Å². The number of fused-ring (bicyclic) bond motifs is 1. The number of benzene rings is 1. The largest absolute Gasteiger partial charge is 0.354 e. The predicted molar refractivity (Wildman–Crippen MR) is 105 cm³/mol. The first-order chi connectivity index (χ1) is 13.5. The summed E-state index contributed by atoms with van der Waals surface area (Å²) in [6.07, 6.45) is 2.81. The number of carbonyl (C=O) groups excluding carboxylic acids is 2. The van der Waals surface area contributed by atoms with Gasteiger partial charge in [0.15, 0.2) is 0 Å². The van der Waals surface area contributed by atoms with E-state index in [1.807, 2.05) is 0 Å². The molecule has 1 aliphatic heterocycles. The number of rotatable bonds is 6. The summed E-state index contributed by atoms with van der Waals surface area (Å²) in [5, 5.41) is 3.16. The zero-order valence-corrected chi connectivity index (χ0v) is 15.6. The van der Waals surface area contributed by atoms with E-state index in [1.54, 1.807) is 29.2 Å². The summed E-state index contributed by atoms with van der Waals surface area (Å²) >= 11 is 0. The van der Waals surface area contributed by atoms with Crippen LogP contribution in [0.3, 0.4) is 0 Å². The highest BCUT2D eigenvalue weighted by atomic mass is 16.2. The summed E-state index contributed by atoms with van der Waals surface area (Å²) in [5.74, 6) is -0.455. The maximum Gasteiger partial charge on any atom is 0.329 e. The van der Waals surface area contributed by atoms with Crippen molar-refractivity contribution in [2.45, 2.75) is 38.3 Å². The van der Waals surface area contributed by atoms with E-state index in [4.69, 9.17) is 5.73 Å². The average molecular weight is 387 g/mol. The topological polar surface area (TPSA) is 130 Å². The number of likely N-dealkylation sites (tertiary alicyclic amines) is 1. The highest BCUT2D eigenvalue weighted by molar-refractivity contribution is 5.79. The quantitative estimate of drug-likeness (QED) is 0.617. The van der Waals surface area contributed by atoms with Crippen LogP contribution in [0.15, 0.2) is 33.9 Å². The van der Waals surface area contributed by atoms with Crippen molar-refractivity contribution in [3.63, 3.8) is 0 Å². The van der Waals surface area contributed by atoms with E-state index < -0.39 is 11.2 Å². The molecule has 1 atom stereocenters. The lowest BCUT2D eigenvalue weighted by molar-refractivity contribution is -0.136. The molecule has 2 amide bonds. The van der Waals surface area contributed by atoms with Gasteiger partial charge in [0, 0.05) is 32.1 Å². The fourth-order valence-corrected chi connectivity index (χ4v) is 3.56. The third-order valence-corrected chi connectivity index (χ3v) is 5.04. The smallest absolute Gasteiger partial charge is 0.329 e. The molecule has 0 radical (unpaired) electrons. The van der Waals surface area contributed by atoms with Gasteiger partial charge >= 0.3 is 5.69 Å². The number of aromatic amines is 1. The Labute approximate surface area is 161 Å². The first-order valence-corrected chi connectivity index (χ1v) is 9.49. The fourth-order valence-electron chi connectivity index (χ4n) is 3.56. The van der Waals surface area contributed by atoms with Gasteiger partial charge in [-0.15, -0.1) is 0 Å². The van der Waals surface area contributed by atoms with Crippen molar-refractivity contribution >= 4 is 22.7 Å². The summed E-state index contributed by atoms with van der Waals surface area (Å²) in [4.78, 5) is 53.8. The van der Waals surface area contributed by atoms with Gasteiger partial charge in [0.1, 0.15) is 6.54 Å². The summed E-state index contributed by atoms with van der Waals surface area (Å²) < 4.78 is 0.934. The Bertz CT molecular complexity index is 980. The molecule has 1 aromatic carbocycles. The zero-order chi connectivity index (χ0) is 20.1. The number of hydrogen-bond acceptors (Lipinski definition) is 5. The molecule has 1 aliphatic rings. The molecular formula is C19H25N5O4. The van der Waals surface area contributed by atoms with Gasteiger partial charge in [-0.2, -0.15) is 0 Å². The minimum atomic E-state index is -0.609. The third-order valence-electron chi connectivity index (χ3n) is 5.04. The SMILES string of the molecule is NCCC(=O)NCC1CCCCN1C(=O)Cn1c(=O)[nH]c2ccccc2c1=O. The van der Waals surface area contributed by atoms with E-state index in [0.717, 1.165) is 23.8 Å². The number of nitrogens with zero attached hydrogens (tertiary/aromatic N) is 2. The first-order valence-electron chi connectivity index (χ1n) is 9.49. The second kappa shape index (κ2) is 8.83. The Morgan fingerprint density at radius 3 is 2.79 bits per heavy atom. The van der Waals surface area contributed by atoms with Gasteiger partial charge in [-0.25, -0.2) is 4.79 Å². The molecule has 9 nitrogen and oxygen atoms in total. The lowest BCUT2D eigenvalue weighted by Gasteiger charge is -2.36. The van der Waals surface area contributed by atoms with Crippen molar-refractivity contribution in [2.75, 3.05) is 19.6 Å². The van der Waals surface area contributed by atoms with E-state index >= 15 is 0 Å². The maximum atomic E-state index is 12.9. The lowest BCUT2D eigenvalue weighted by Crippen LogP contribution is -2.52. The predicted octanol–water partition coefficient (Wildman–Crippen LogP) is -0.464. The molecular weight excluding hydrogens is 362 g/mol. The zero-order valence-electron chi connectivity index (χ0n) is 15.6. The Balaban J connectivity index is 1.77. The van der Waals surface area contributed by atoms with Crippen molar-refractivity contribution in [1.82, 2.24) is 19.8 Å². The second-order valence-corrected chi connectivity index (χ2v) is 6.95. The van der Waals surface area contributed by atoms with Crippen LogP contribution < -0.4 is 22.3 Å². The summed E-state index contributed by atoms with van der Waals surface area (Å²) in [6.45, 7) is 0.823. The molecule has 0 saturated carbocycles. The summed E-state index contributed by atoms with van der Waals surface area (Å²) in [6, 6.07) is 6.54. The number of aromatic nitrogens is 2. The molecule has 0 spiro atoms. The molecule has 1 unspecified atom stereocenters. The van der Waals surface area contributed by atoms with Crippen LogP contribution in [0.1, 0.15) is 25.7 Å². The van der Waals surface area contributed by atoms with Gasteiger partial charge in [0.2, 0.25) is 11.8 Å². The molecule has 1 saturated heterocycles. The lowest BCUT2D eigenvalue weighted by atomic mass is 10.0. The van der Waals surface area contributed by atoms with Crippen LogP contribution in [0.4, 0.5) is 0 Å². The van der Waals surface area contributed by atoms with E-state index in [9.17, 15) is 19.2 Å². The number of nitrogens with two attached hydrogens (primary N) is 1. The molecule has 28 heavy (non-hydrogen) atoms. The Hall–Kier alpha value is -2.94. The molecule has 2 heterocycles. The number of para-hydroxylation sites is 1. The molecule has 9 heteroatoms. The molecule has 150 valence electrons. The molecule has 1 aromatic heterocycles. The van der Waals surface area contributed by atoms with Crippen molar-refractivity contribution in [2.24, 2.45) is 5.73 Å². The molecule has 4 N–H and O–H groups in total. The number of carbonyl (C=O) groups is 2. The van der Waals surface area contributed by atoms with Crippen LogP contribution in [-0.4, -0.2) is 51.9 Å².